The lowest BCUT2D eigenvalue weighted by atomic mass is 10.2. The molecule has 0 heterocycles. The molecule has 0 aromatic heterocycles. The number of rotatable bonds is 7. The largest absolute Gasteiger partial charge is 0.479 e. The third-order valence-electron chi connectivity index (χ3n) is 2.33. The lowest BCUT2D eigenvalue weighted by Gasteiger charge is -2.26. The zero-order valence-electron chi connectivity index (χ0n) is 10.6. The predicted octanol–water partition coefficient (Wildman–Crippen LogP) is 0.652. The van der Waals surface area contributed by atoms with Crippen LogP contribution in [0.4, 0.5) is 4.79 Å². The maximum atomic E-state index is 11.7. The number of nitrogens with zero attached hydrogens (tertiary/aromatic N) is 1. The molecule has 6 nitrogen and oxygen atoms in total. The minimum Gasteiger partial charge on any atom is -0.479 e. The van der Waals surface area contributed by atoms with Gasteiger partial charge in [0, 0.05) is 25.6 Å². The van der Waals surface area contributed by atoms with E-state index in [4.69, 9.17) is 10.2 Å². The SMILES string of the molecule is CCCN(C(=O)NCC[C@H](O)C(=O)O)C(C)C. The van der Waals surface area contributed by atoms with Crippen LogP contribution in [0.15, 0.2) is 0 Å². The lowest BCUT2D eigenvalue weighted by molar-refractivity contribution is -0.146. The molecule has 0 aliphatic rings. The second-order valence-electron chi connectivity index (χ2n) is 4.16. The molecule has 3 N–H and O–H groups in total. The van der Waals surface area contributed by atoms with Crippen molar-refractivity contribution in [2.45, 2.75) is 45.8 Å². The van der Waals surface area contributed by atoms with Crippen LogP contribution in [-0.4, -0.2) is 52.3 Å². The van der Waals surface area contributed by atoms with Gasteiger partial charge in [-0.25, -0.2) is 9.59 Å². The summed E-state index contributed by atoms with van der Waals surface area (Å²) in [5.74, 6) is -1.27. The normalized spacial score (nSPS) is 12.3. The maximum Gasteiger partial charge on any atom is 0.332 e. The zero-order chi connectivity index (χ0) is 13.4. The zero-order valence-corrected chi connectivity index (χ0v) is 10.6. The number of amides is 2. The molecule has 0 aromatic rings. The van der Waals surface area contributed by atoms with Gasteiger partial charge < -0.3 is 20.4 Å². The van der Waals surface area contributed by atoms with E-state index in [2.05, 4.69) is 5.32 Å². The standard InChI is InChI=1S/C11H22N2O4/c1-4-7-13(8(2)3)11(17)12-6-5-9(14)10(15)16/h8-9,14H,4-7H2,1-3H3,(H,12,17)(H,15,16)/t9-/m0/s1. The number of hydrogen-bond donors (Lipinski definition) is 3. The molecular weight excluding hydrogens is 224 g/mol. The van der Waals surface area contributed by atoms with Gasteiger partial charge in [-0.2, -0.15) is 0 Å². The molecule has 0 aliphatic carbocycles. The van der Waals surface area contributed by atoms with Crippen molar-refractivity contribution in [3.8, 4) is 0 Å². The van der Waals surface area contributed by atoms with E-state index in [0.717, 1.165) is 6.42 Å². The molecule has 1 atom stereocenters. The topological polar surface area (TPSA) is 89.9 Å². The molecule has 0 fully saturated rings. The quantitative estimate of drug-likeness (QED) is 0.615. The van der Waals surface area contributed by atoms with Crippen molar-refractivity contribution in [2.24, 2.45) is 0 Å². The van der Waals surface area contributed by atoms with Crippen molar-refractivity contribution < 1.29 is 19.8 Å². The number of aliphatic hydroxyl groups excluding tert-OH is 1. The van der Waals surface area contributed by atoms with Gasteiger partial charge >= 0.3 is 12.0 Å². The van der Waals surface area contributed by atoms with Crippen molar-refractivity contribution in [3.05, 3.63) is 0 Å². The highest BCUT2D eigenvalue weighted by Gasteiger charge is 2.17. The van der Waals surface area contributed by atoms with Crippen LogP contribution >= 0.6 is 0 Å². The van der Waals surface area contributed by atoms with Crippen LogP contribution in [0.25, 0.3) is 0 Å². The first-order chi connectivity index (χ1) is 7.90. The minimum atomic E-state index is -1.42. The number of nitrogens with one attached hydrogen (secondary N) is 1. The highest BCUT2D eigenvalue weighted by Crippen LogP contribution is 2.00. The predicted molar refractivity (Wildman–Crippen MR) is 63.8 cm³/mol. The molecule has 0 radical (unpaired) electrons. The van der Waals surface area contributed by atoms with Gasteiger partial charge in [-0.15, -0.1) is 0 Å². The smallest absolute Gasteiger partial charge is 0.332 e. The van der Waals surface area contributed by atoms with E-state index < -0.39 is 12.1 Å². The number of carboxylic acids is 1. The maximum absolute atomic E-state index is 11.7. The summed E-state index contributed by atoms with van der Waals surface area (Å²) in [6.45, 7) is 6.63. The van der Waals surface area contributed by atoms with E-state index in [1.54, 1.807) is 4.90 Å². The Morgan fingerprint density at radius 3 is 2.35 bits per heavy atom. The first-order valence-corrected chi connectivity index (χ1v) is 5.85. The van der Waals surface area contributed by atoms with Crippen molar-refractivity contribution in [1.29, 1.82) is 0 Å². The average molecular weight is 246 g/mol. The van der Waals surface area contributed by atoms with E-state index in [9.17, 15) is 9.59 Å². The Hall–Kier alpha value is -1.30. The van der Waals surface area contributed by atoms with E-state index in [-0.39, 0.29) is 25.0 Å². The summed E-state index contributed by atoms with van der Waals surface area (Å²) in [5, 5.41) is 20.1. The fraction of sp³-hybridized carbons (Fsp3) is 0.818. The highest BCUT2D eigenvalue weighted by molar-refractivity contribution is 5.75. The minimum absolute atomic E-state index is 0.0130. The molecule has 17 heavy (non-hydrogen) atoms. The molecule has 0 rings (SSSR count). The summed E-state index contributed by atoms with van der Waals surface area (Å²) in [6.07, 6.45) is -0.545. The summed E-state index contributed by atoms with van der Waals surface area (Å²) < 4.78 is 0. The number of aliphatic hydroxyl groups is 1. The first-order valence-electron chi connectivity index (χ1n) is 5.85. The van der Waals surface area contributed by atoms with Crippen LogP contribution in [0, 0.1) is 0 Å². The number of aliphatic carboxylic acids is 1. The van der Waals surface area contributed by atoms with Gasteiger partial charge in [-0.1, -0.05) is 6.92 Å². The van der Waals surface area contributed by atoms with Gasteiger partial charge in [0.25, 0.3) is 0 Å². The van der Waals surface area contributed by atoms with Crippen LogP contribution < -0.4 is 5.32 Å². The molecule has 0 aliphatic heterocycles. The molecule has 0 bridgehead atoms. The van der Waals surface area contributed by atoms with Crippen LogP contribution in [-0.2, 0) is 4.79 Å². The van der Waals surface area contributed by atoms with E-state index in [0.29, 0.717) is 6.54 Å². The molecular formula is C11H22N2O4. The van der Waals surface area contributed by atoms with Gasteiger partial charge in [0.05, 0.1) is 0 Å². The van der Waals surface area contributed by atoms with Crippen molar-refractivity contribution in [1.82, 2.24) is 10.2 Å². The highest BCUT2D eigenvalue weighted by atomic mass is 16.4. The second kappa shape index (κ2) is 7.89. The number of carbonyl (C=O) groups is 2. The summed E-state index contributed by atoms with van der Waals surface area (Å²) >= 11 is 0. The van der Waals surface area contributed by atoms with Crippen LogP contribution in [0.3, 0.4) is 0 Å². The molecule has 0 saturated carbocycles. The van der Waals surface area contributed by atoms with Crippen LogP contribution in [0.5, 0.6) is 0 Å². The Labute approximate surface area is 102 Å². The van der Waals surface area contributed by atoms with Gasteiger partial charge in [-0.3, -0.25) is 0 Å². The van der Waals surface area contributed by atoms with Crippen molar-refractivity contribution in [2.75, 3.05) is 13.1 Å². The van der Waals surface area contributed by atoms with E-state index in [1.165, 1.54) is 0 Å². The fourth-order valence-corrected chi connectivity index (χ4v) is 1.38. The molecule has 2 amide bonds. The Bertz CT molecular complexity index is 256. The van der Waals surface area contributed by atoms with E-state index in [1.807, 2.05) is 20.8 Å². The molecule has 0 saturated heterocycles. The average Bonchev–Trinajstić information content (AvgIpc) is 2.24. The van der Waals surface area contributed by atoms with Crippen molar-refractivity contribution >= 4 is 12.0 Å². The first kappa shape index (κ1) is 15.7. The van der Waals surface area contributed by atoms with Gasteiger partial charge in [0.15, 0.2) is 6.10 Å². The summed E-state index contributed by atoms with van der Waals surface area (Å²) in [6, 6.07) is -0.126. The molecule has 100 valence electrons. The molecule has 0 spiro atoms. The number of carboxylic acid groups (broad SMARTS) is 1. The number of urea groups is 1. The lowest BCUT2D eigenvalue weighted by Crippen LogP contribution is -2.45. The van der Waals surface area contributed by atoms with Gasteiger partial charge in [0.2, 0.25) is 0 Å². The number of hydrogen-bond acceptors (Lipinski definition) is 3. The van der Waals surface area contributed by atoms with Crippen LogP contribution in [0.1, 0.15) is 33.6 Å². The fourth-order valence-electron chi connectivity index (χ4n) is 1.38. The van der Waals surface area contributed by atoms with Crippen molar-refractivity contribution in [3.63, 3.8) is 0 Å². The summed E-state index contributed by atoms with van der Waals surface area (Å²) in [7, 11) is 0. The Morgan fingerprint density at radius 1 is 1.35 bits per heavy atom. The Morgan fingerprint density at radius 2 is 1.94 bits per heavy atom. The Kier molecular flexibility index (Phi) is 7.29. The van der Waals surface area contributed by atoms with Gasteiger partial charge in [0.1, 0.15) is 0 Å². The van der Waals surface area contributed by atoms with Gasteiger partial charge in [-0.05, 0) is 20.3 Å². The second-order valence-corrected chi connectivity index (χ2v) is 4.16. The molecule has 6 heteroatoms. The Balaban J connectivity index is 4.02. The van der Waals surface area contributed by atoms with E-state index >= 15 is 0 Å². The summed E-state index contributed by atoms with van der Waals surface area (Å²) in [4.78, 5) is 23.7. The molecule has 0 unspecified atom stereocenters. The monoisotopic (exact) mass is 246 g/mol. The third kappa shape index (κ3) is 6.11. The molecule has 0 aromatic carbocycles. The van der Waals surface area contributed by atoms with Crippen LogP contribution in [0.2, 0.25) is 0 Å². The number of carbonyl (C=O) groups excluding carboxylic acids is 1. The third-order valence-corrected chi connectivity index (χ3v) is 2.33. The summed E-state index contributed by atoms with van der Waals surface area (Å²) in [5.41, 5.74) is 0.